The van der Waals surface area contributed by atoms with Crippen molar-refractivity contribution < 1.29 is 14.3 Å². The summed E-state index contributed by atoms with van der Waals surface area (Å²) in [5.41, 5.74) is 0. The summed E-state index contributed by atoms with van der Waals surface area (Å²) in [4.78, 5) is 24.8. The van der Waals surface area contributed by atoms with Crippen molar-refractivity contribution in [1.82, 2.24) is 5.32 Å². The molecular weight excluding hydrogens is 358 g/mol. The molecule has 1 atom stereocenters. The minimum Gasteiger partial charge on any atom is -0.449 e. The summed E-state index contributed by atoms with van der Waals surface area (Å²) in [7, 11) is 0. The number of benzene rings is 1. The van der Waals surface area contributed by atoms with Crippen LogP contribution in [0.2, 0.25) is 5.02 Å². The van der Waals surface area contributed by atoms with E-state index in [2.05, 4.69) is 5.32 Å². The Morgan fingerprint density at radius 1 is 1.32 bits per heavy atom. The third-order valence-electron chi connectivity index (χ3n) is 4.29. The first-order valence-electron chi connectivity index (χ1n) is 8.40. The van der Waals surface area contributed by atoms with Gasteiger partial charge in [-0.1, -0.05) is 42.6 Å². The van der Waals surface area contributed by atoms with Crippen molar-refractivity contribution in [2.24, 2.45) is 0 Å². The van der Waals surface area contributed by atoms with E-state index >= 15 is 0 Å². The number of rotatable bonds is 5. The van der Waals surface area contributed by atoms with Gasteiger partial charge in [-0.2, -0.15) is 0 Å². The molecule has 1 saturated carbocycles. The SMILES string of the molecule is C[C@@H](OC(=O)/C=C/c1sc2ccccc2c1Cl)C(=O)NC1CCCC1. The maximum Gasteiger partial charge on any atom is 0.331 e. The van der Waals surface area contributed by atoms with E-state index in [-0.39, 0.29) is 11.9 Å². The zero-order valence-corrected chi connectivity index (χ0v) is 15.5. The van der Waals surface area contributed by atoms with Crippen molar-refractivity contribution in [2.45, 2.75) is 44.8 Å². The molecule has 1 aromatic heterocycles. The van der Waals surface area contributed by atoms with Crippen LogP contribution in [0.25, 0.3) is 16.2 Å². The summed E-state index contributed by atoms with van der Waals surface area (Å²) in [5, 5.41) is 4.51. The Morgan fingerprint density at radius 3 is 2.76 bits per heavy atom. The smallest absolute Gasteiger partial charge is 0.331 e. The fourth-order valence-corrected chi connectivity index (χ4v) is 4.34. The average molecular weight is 378 g/mol. The molecule has 6 heteroatoms. The normalized spacial score (nSPS) is 16.4. The van der Waals surface area contributed by atoms with E-state index in [1.54, 1.807) is 13.0 Å². The van der Waals surface area contributed by atoms with Crippen LogP contribution in [0.15, 0.2) is 30.3 Å². The lowest BCUT2D eigenvalue weighted by molar-refractivity contribution is -0.150. The first-order chi connectivity index (χ1) is 12.0. The molecule has 1 aromatic carbocycles. The summed E-state index contributed by atoms with van der Waals surface area (Å²) in [6.45, 7) is 1.59. The second-order valence-corrected chi connectivity index (χ2v) is 7.64. The van der Waals surface area contributed by atoms with Crippen molar-refractivity contribution in [3.05, 3.63) is 40.2 Å². The molecule has 0 spiro atoms. The lowest BCUT2D eigenvalue weighted by Gasteiger charge is -2.16. The van der Waals surface area contributed by atoms with Crippen LogP contribution in [0.5, 0.6) is 0 Å². The van der Waals surface area contributed by atoms with Crippen molar-refractivity contribution >= 4 is 51.0 Å². The third kappa shape index (κ3) is 4.41. The van der Waals surface area contributed by atoms with E-state index in [9.17, 15) is 9.59 Å². The van der Waals surface area contributed by atoms with Gasteiger partial charge in [-0.05, 0) is 31.9 Å². The van der Waals surface area contributed by atoms with Crippen LogP contribution in [-0.2, 0) is 14.3 Å². The number of thiophene rings is 1. The lowest BCUT2D eigenvalue weighted by Crippen LogP contribution is -2.40. The maximum absolute atomic E-state index is 12.0. The van der Waals surface area contributed by atoms with E-state index in [1.807, 2.05) is 24.3 Å². The average Bonchev–Trinajstić information content (AvgIpc) is 3.21. The van der Waals surface area contributed by atoms with Crippen LogP contribution in [0, 0.1) is 0 Å². The van der Waals surface area contributed by atoms with Crippen molar-refractivity contribution in [3.8, 4) is 0 Å². The van der Waals surface area contributed by atoms with Gasteiger partial charge in [-0.15, -0.1) is 11.3 Å². The zero-order valence-electron chi connectivity index (χ0n) is 14.0. The molecule has 0 unspecified atom stereocenters. The molecule has 4 nitrogen and oxygen atoms in total. The number of hydrogen-bond acceptors (Lipinski definition) is 4. The van der Waals surface area contributed by atoms with Gasteiger partial charge in [0.05, 0.1) is 5.02 Å². The molecule has 132 valence electrons. The molecule has 1 aliphatic carbocycles. The molecule has 2 aromatic rings. The molecule has 0 radical (unpaired) electrons. The number of halogens is 1. The first-order valence-corrected chi connectivity index (χ1v) is 9.60. The standard InChI is InChI=1S/C19H20ClNO3S/c1-12(19(23)21-13-6-2-3-7-13)24-17(22)11-10-16-18(20)14-8-4-5-9-15(14)25-16/h4-5,8-13H,2-3,6-7H2,1H3,(H,21,23)/b11-10+/t12-/m1/s1. The molecule has 0 bridgehead atoms. The Bertz CT molecular complexity index is 808. The van der Waals surface area contributed by atoms with Crippen LogP contribution in [0.3, 0.4) is 0 Å². The van der Waals surface area contributed by atoms with Crippen molar-refractivity contribution in [3.63, 3.8) is 0 Å². The summed E-state index contributed by atoms with van der Waals surface area (Å²) >= 11 is 7.84. The third-order valence-corrected chi connectivity index (χ3v) is 5.95. The number of fused-ring (bicyclic) bond motifs is 1. The van der Waals surface area contributed by atoms with Crippen LogP contribution in [-0.4, -0.2) is 24.0 Å². The molecule has 1 fully saturated rings. The van der Waals surface area contributed by atoms with Gasteiger partial charge in [0.25, 0.3) is 5.91 Å². The highest BCUT2D eigenvalue weighted by Gasteiger charge is 2.22. The fourth-order valence-electron chi connectivity index (χ4n) is 2.94. The van der Waals surface area contributed by atoms with Gasteiger partial charge in [0.15, 0.2) is 6.10 Å². The highest BCUT2D eigenvalue weighted by Crippen LogP contribution is 2.35. The molecule has 1 aliphatic rings. The molecule has 1 amide bonds. The van der Waals surface area contributed by atoms with Crippen LogP contribution in [0.4, 0.5) is 0 Å². The van der Waals surface area contributed by atoms with E-state index in [0.29, 0.717) is 5.02 Å². The van der Waals surface area contributed by atoms with Gasteiger partial charge in [0, 0.05) is 27.1 Å². The first kappa shape index (κ1) is 18.0. The van der Waals surface area contributed by atoms with Crippen molar-refractivity contribution in [1.29, 1.82) is 0 Å². The number of hydrogen-bond donors (Lipinski definition) is 1. The monoisotopic (exact) mass is 377 g/mol. The highest BCUT2D eigenvalue weighted by molar-refractivity contribution is 7.20. The molecule has 0 saturated heterocycles. The molecule has 0 aliphatic heterocycles. The van der Waals surface area contributed by atoms with Gasteiger partial charge in [-0.3, -0.25) is 4.79 Å². The number of esters is 1. The van der Waals surface area contributed by atoms with E-state index in [0.717, 1.165) is 40.6 Å². The minimum atomic E-state index is -0.810. The molecule has 1 heterocycles. The van der Waals surface area contributed by atoms with E-state index in [1.165, 1.54) is 17.4 Å². The van der Waals surface area contributed by atoms with Gasteiger partial charge in [-0.25, -0.2) is 4.79 Å². The quantitative estimate of drug-likeness (QED) is 0.614. The second kappa shape index (κ2) is 8.02. The Hall–Kier alpha value is -1.85. The minimum absolute atomic E-state index is 0.210. The lowest BCUT2D eigenvalue weighted by atomic mass is 10.2. The van der Waals surface area contributed by atoms with Crippen LogP contribution >= 0.6 is 22.9 Å². The molecule has 1 N–H and O–H groups in total. The Kier molecular flexibility index (Phi) is 5.76. The predicted molar refractivity (Wildman–Crippen MR) is 102 cm³/mol. The zero-order chi connectivity index (χ0) is 17.8. The van der Waals surface area contributed by atoms with Gasteiger partial charge in [0.2, 0.25) is 0 Å². The van der Waals surface area contributed by atoms with Crippen LogP contribution in [0.1, 0.15) is 37.5 Å². The second-order valence-electron chi connectivity index (χ2n) is 6.18. The molecule has 25 heavy (non-hydrogen) atoms. The fraction of sp³-hybridized carbons (Fsp3) is 0.368. The van der Waals surface area contributed by atoms with Gasteiger partial charge >= 0.3 is 5.97 Å². The summed E-state index contributed by atoms with van der Waals surface area (Å²) in [5.74, 6) is -0.795. The molecule has 3 rings (SSSR count). The number of nitrogens with one attached hydrogen (secondary N) is 1. The number of carbonyl (C=O) groups is 2. The highest BCUT2D eigenvalue weighted by atomic mass is 35.5. The largest absolute Gasteiger partial charge is 0.449 e. The Balaban J connectivity index is 1.58. The number of carbonyl (C=O) groups excluding carboxylic acids is 2. The van der Waals surface area contributed by atoms with Gasteiger partial charge in [0.1, 0.15) is 0 Å². The molecular formula is C19H20ClNO3S. The number of amides is 1. The summed E-state index contributed by atoms with van der Waals surface area (Å²) in [6, 6.07) is 8.01. The maximum atomic E-state index is 12.0. The Labute approximate surface area is 155 Å². The van der Waals surface area contributed by atoms with E-state index in [4.69, 9.17) is 16.3 Å². The topological polar surface area (TPSA) is 55.4 Å². The summed E-state index contributed by atoms with van der Waals surface area (Å²) in [6.07, 6.45) is 6.41. The Morgan fingerprint density at radius 2 is 2.04 bits per heavy atom. The van der Waals surface area contributed by atoms with Crippen LogP contribution < -0.4 is 5.32 Å². The predicted octanol–water partition coefficient (Wildman–Crippen LogP) is 4.56. The van der Waals surface area contributed by atoms with E-state index < -0.39 is 12.1 Å². The number of ether oxygens (including phenoxy) is 1. The van der Waals surface area contributed by atoms with Crippen molar-refractivity contribution in [2.75, 3.05) is 0 Å². The van der Waals surface area contributed by atoms with Gasteiger partial charge < -0.3 is 10.1 Å². The summed E-state index contributed by atoms with van der Waals surface area (Å²) < 4.78 is 6.24.